The maximum Gasteiger partial charge on any atom is 0.220 e. The van der Waals surface area contributed by atoms with Gasteiger partial charge in [-0.05, 0) is 32.4 Å². The lowest BCUT2D eigenvalue weighted by Crippen LogP contribution is -2.44. The van der Waals surface area contributed by atoms with Crippen LogP contribution in [0.25, 0.3) is 0 Å². The summed E-state index contributed by atoms with van der Waals surface area (Å²) in [7, 11) is 0. The molecular formula is C11H23N3O. The van der Waals surface area contributed by atoms with Gasteiger partial charge in [0.25, 0.3) is 0 Å². The van der Waals surface area contributed by atoms with Crippen molar-refractivity contribution in [2.45, 2.75) is 38.6 Å². The fourth-order valence-electron chi connectivity index (χ4n) is 1.96. The summed E-state index contributed by atoms with van der Waals surface area (Å²) in [6.07, 6.45) is 3.54. The number of nitrogens with zero attached hydrogens (tertiary/aromatic N) is 1. The van der Waals surface area contributed by atoms with Crippen LogP contribution >= 0.6 is 0 Å². The maximum absolute atomic E-state index is 11.4. The first-order valence-corrected chi connectivity index (χ1v) is 5.98. The van der Waals surface area contributed by atoms with E-state index in [1.807, 2.05) is 0 Å². The number of hydrogen-bond acceptors (Lipinski definition) is 3. The first-order chi connectivity index (χ1) is 7.26. The summed E-state index contributed by atoms with van der Waals surface area (Å²) in [6, 6.07) is 0.387. The molecule has 1 heterocycles. The fourth-order valence-corrected chi connectivity index (χ4v) is 1.96. The van der Waals surface area contributed by atoms with Crippen LogP contribution in [0.5, 0.6) is 0 Å². The van der Waals surface area contributed by atoms with Gasteiger partial charge in [-0.15, -0.1) is 0 Å². The highest BCUT2D eigenvalue weighted by Crippen LogP contribution is 2.09. The third-order valence-corrected chi connectivity index (χ3v) is 3.01. The molecule has 0 aromatic heterocycles. The van der Waals surface area contributed by atoms with Gasteiger partial charge in [-0.2, -0.15) is 0 Å². The lowest BCUT2D eigenvalue weighted by atomic mass is 10.0. The molecule has 88 valence electrons. The SMILES string of the molecule is CCN1CCC(NC(=O)CCCN)CC1. The number of nitrogens with two attached hydrogens (primary N) is 1. The van der Waals surface area contributed by atoms with Gasteiger partial charge >= 0.3 is 0 Å². The second-order valence-corrected chi connectivity index (χ2v) is 4.17. The summed E-state index contributed by atoms with van der Waals surface area (Å²) in [5, 5.41) is 3.08. The monoisotopic (exact) mass is 213 g/mol. The molecule has 4 heteroatoms. The van der Waals surface area contributed by atoms with E-state index in [9.17, 15) is 4.79 Å². The Hall–Kier alpha value is -0.610. The van der Waals surface area contributed by atoms with Crippen molar-refractivity contribution >= 4 is 5.91 Å². The van der Waals surface area contributed by atoms with Crippen molar-refractivity contribution in [2.24, 2.45) is 5.73 Å². The Morgan fingerprint density at radius 3 is 2.67 bits per heavy atom. The van der Waals surface area contributed by atoms with E-state index >= 15 is 0 Å². The Morgan fingerprint density at radius 1 is 1.47 bits per heavy atom. The molecule has 0 aromatic carbocycles. The Balaban J connectivity index is 2.15. The number of carbonyl (C=O) groups is 1. The van der Waals surface area contributed by atoms with E-state index in [4.69, 9.17) is 5.73 Å². The maximum atomic E-state index is 11.4. The second-order valence-electron chi connectivity index (χ2n) is 4.17. The zero-order valence-corrected chi connectivity index (χ0v) is 9.67. The van der Waals surface area contributed by atoms with Crippen LogP contribution in [0.4, 0.5) is 0 Å². The molecule has 0 saturated carbocycles. The minimum absolute atomic E-state index is 0.162. The van der Waals surface area contributed by atoms with E-state index in [-0.39, 0.29) is 5.91 Å². The van der Waals surface area contributed by atoms with Crippen molar-refractivity contribution in [1.82, 2.24) is 10.2 Å². The molecule has 1 saturated heterocycles. The Kier molecular flexibility index (Phi) is 5.65. The Morgan fingerprint density at radius 2 is 2.13 bits per heavy atom. The highest BCUT2D eigenvalue weighted by molar-refractivity contribution is 5.76. The van der Waals surface area contributed by atoms with Crippen LogP contribution in [0.15, 0.2) is 0 Å². The van der Waals surface area contributed by atoms with Crippen molar-refractivity contribution in [1.29, 1.82) is 0 Å². The van der Waals surface area contributed by atoms with Crippen molar-refractivity contribution in [3.8, 4) is 0 Å². The molecular weight excluding hydrogens is 190 g/mol. The number of hydrogen-bond donors (Lipinski definition) is 2. The summed E-state index contributed by atoms with van der Waals surface area (Å²) in [6.45, 7) is 6.12. The molecule has 0 atom stereocenters. The summed E-state index contributed by atoms with van der Waals surface area (Å²) in [5.74, 6) is 0.162. The normalized spacial score (nSPS) is 19.1. The highest BCUT2D eigenvalue weighted by Gasteiger charge is 2.18. The van der Waals surface area contributed by atoms with Gasteiger partial charge in [-0.1, -0.05) is 6.92 Å². The molecule has 0 aliphatic carbocycles. The van der Waals surface area contributed by atoms with Crippen molar-refractivity contribution in [2.75, 3.05) is 26.2 Å². The van der Waals surface area contributed by atoms with Gasteiger partial charge in [0, 0.05) is 25.6 Å². The lowest BCUT2D eigenvalue weighted by molar-refractivity contribution is -0.122. The first kappa shape index (κ1) is 12.5. The second kappa shape index (κ2) is 6.80. The molecule has 1 aliphatic heterocycles. The van der Waals surface area contributed by atoms with Crippen LogP contribution < -0.4 is 11.1 Å². The van der Waals surface area contributed by atoms with Crippen molar-refractivity contribution in [3.63, 3.8) is 0 Å². The quantitative estimate of drug-likeness (QED) is 0.692. The molecule has 0 bridgehead atoms. The number of piperidine rings is 1. The number of nitrogens with one attached hydrogen (secondary N) is 1. The Labute approximate surface area is 92.2 Å². The van der Waals surface area contributed by atoms with Gasteiger partial charge in [0.05, 0.1) is 0 Å². The van der Waals surface area contributed by atoms with Crippen LogP contribution in [0.2, 0.25) is 0 Å². The van der Waals surface area contributed by atoms with Crippen LogP contribution in [0.3, 0.4) is 0 Å². The minimum atomic E-state index is 0.162. The largest absolute Gasteiger partial charge is 0.353 e. The molecule has 4 nitrogen and oxygen atoms in total. The number of amides is 1. The third-order valence-electron chi connectivity index (χ3n) is 3.01. The fraction of sp³-hybridized carbons (Fsp3) is 0.909. The highest BCUT2D eigenvalue weighted by atomic mass is 16.1. The topological polar surface area (TPSA) is 58.4 Å². The summed E-state index contributed by atoms with van der Waals surface area (Å²) in [4.78, 5) is 13.9. The number of likely N-dealkylation sites (tertiary alicyclic amines) is 1. The van der Waals surface area contributed by atoms with E-state index in [0.29, 0.717) is 19.0 Å². The van der Waals surface area contributed by atoms with Gasteiger partial charge in [0.2, 0.25) is 5.91 Å². The van der Waals surface area contributed by atoms with Crippen molar-refractivity contribution in [3.05, 3.63) is 0 Å². The van der Waals surface area contributed by atoms with Crippen molar-refractivity contribution < 1.29 is 4.79 Å². The molecule has 15 heavy (non-hydrogen) atoms. The molecule has 0 spiro atoms. The molecule has 1 rings (SSSR count). The van der Waals surface area contributed by atoms with Gasteiger partial charge in [-0.3, -0.25) is 4.79 Å². The molecule has 1 aliphatic rings. The molecule has 0 unspecified atom stereocenters. The zero-order chi connectivity index (χ0) is 11.1. The molecule has 3 N–H and O–H groups in total. The summed E-state index contributed by atoms with van der Waals surface area (Å²) in [5.41, 5.74) is 5.36. The van der Waals surface area contributed by atoms with E-state index in [0.717, 1.165) is 38.9 Å². The van der Waals surface area contributed by atoms with Gasteiger partial charge in [-0.25, -0.2) is 0 Å². The van der Waals surface area contributed by atoms with E-state index in [1.165, 1.54) is 0 Å². The minimum Gasteiger partial charge on any atom is -0.353 e. The van der Waals surface area contributed by atoms with E-state index in [1.54, 1.807) is 0 Å². The standard InChI is InChI=1S/C11H23N3O/c1-2-14-8-5-10(6-9-14)13-11(15)4-3-7-12/h10H,2-9,12H2,1H3,(H,13,15). The van der Waals surface area contributed by atoms with Crippen LogP contribution in [-0.2, 0) is 4.79 Å². The predicted octanol–water partition coefficient (Wildman–Crippen LogP) is 0.326. The van der Waals surface area contributed by atoms with E-state index < -0.39 is 0 Å². The number of carbonyl (C=O) groups excluding carboxylic acids is 1. The zero-order valence-electron chi connectivity index (χ0n) is 9.67. The average Bonchev–Trinajstić information content (AvgIpc) is 2.27. The molecule has 0 radical (unpaired) electrons. The first-order valence-electron chi connectivity index (χ1n) is 5.98. The predicted molar refractivity (Wildman–Crippen MR) is 61.6 cm³/mol. The smallest absolute Gasteiger partial charge is 0.220 e. The van der Waals surface area contributed by atoms with E-state index in [2.05, 4.69) is 17.1 Å². The van der Waals surface area contributed by atoms with Gasteiger partial charge in [0.1, 0.15) is 0 Å². The lowest BCUT2D eigenvalue weighted by Gasteiger charge is -2.31. The Bertz CT molecular complexity index is 188. The molecule has 1 amide bonds. The average molecular weight is 213 g/mol. The van der Waals surface area contributed by atoms with Gasteiger partial charge < -0.3 is 16.0 Å². The molecule has 1 fully saturated rings. The summed E-state index contributed by atoms with van der Waals surface area (Å²) < 4.78 is 0. The summed E-state index contributed by atoms with van der Waals surface area (Å²) >= 11 is 0. The van der Waals surface area contributed by atoms with Crippen LogP contribution in [-0.4, -0.2) is 43.0 Å². The number of rotatable bonds is 5. The van der Waals surface area contributed by atoms with Crippen LogP contribution in [0, 0.1) is 0 Å². The van der Waals surface area contributed by atoms with Crippen LogP contribution in [0.1, 0.15) is 32.6 Å². The molecule has 0 aromatic rings. The van der Waals surface area contributed by atoms with Gasteiger partial charge in [0.15, 0.2) is 0 Å². The third kappa shape index (κ3) is 4.62.